The fourth-order valence-corrected chi connectivity index (χ4v) is 5.19. The molecule has 5 rings (SSSR count). The van der Waals surface area contributed by atoms with Crippen LogP contribution in [-0.2, 0) is 25.3 Å². The summed E-state index contributed by atoms with van der Waals surface area (Å²) in [5, 5.41) is 0. The number of nitrogens with zero attached hydrogens (tertiary/aromatic N) is 2. The van der Waals surface area contributed by atoms with Crippen molar-refractivity contribution in [3.8, 4) is 11.1 Å². The third-order valence-corrected chi connectivity index (χ3v) is 7.86. The average Bonchev–Trinajstić information content (AvgIpc) is 3.44. The molecule has 3 fully saturated rings. The molecule has 0 saturated carbocycles. The molecule has 172 valence electrons. The second kappa shape index (κ2) is 8.06. The summed E-state index contributed by atoms with van der Waals surface area (Å²) in [5.41, 5.74) is 2.84. The summed E-state index contributed by atoms with van der Waals surface area (Å²) in [7, 11) is -0.466. The van der Waals surface area contributed by atoms with Crippen molar-refractivity contribution < 1.29 is 18.9 Å². The number of aromatic nitrogens is 1. The van der Waals surface area contributed by atoms with Crippen LogP contribution in [0.2, 0.25) is 0 Å². The van der Waals surface area contributed by atoms with E-state index in [9.17, 15) is 9.59 Å². The smallest absolute Gasteiger partial charge is 0.399 e. The quantitative estimate of drug-likeness (QED) is 0.521. The number of Topliss-reactive ketones (excluding diaryl/α,β-unsaturated/α-hetero) is 1. The Morgan fingerprint density at radius 3 is 2.09 bits per heavy atom. The highest BCUT2D eigenvalue weighted by Gasteiger charge is 2.51. The molecule has 0 spiro atoms. The minimum atomic E-state index is -0.466. The maximum Gasteiger partial charge on any atom is 0.496 e. The number of rotatable bonds is 5. The van der Waals surface area contributed by atoms with Crippen LogP contribution in [0.15, 0.2) is 42.7 Å². The van der Waals surface area contributed by atoms with E-state index in [4.69, 9.17) is 9.31 Å². The van der Waals surface area contributed by atoms with Crippen LogP contribution >= 0.6 is 0 Å². The molecule has 6 nitrogen and oxygen atoms in total. The summed E-state index contributed by atoms with van der Waals surface area (Å²) >= 11 is 0. The first-order valence-corrected chi connectivity index (χ1v) is 11.9. The maximum absolute atomic E-state index is 12.7. The highest BCUT2D eigenvalue weighted by molar-refractivity contribution is 6.62. The summed E-state index contributed by atoms with van der Waals surface area (Å²) in [6.07, 6.45) is 7.88. The van der Waals surface area contributed by atoms with Crippen LogP contribution in [0.1, 0.15) is 58.9 Å². The van der Waals surface area contributed by atoms with Crippen molar-refractivity contribution in [3.05, 3.63) is 48.3 Å². The molecular formula is C26H31BN2O4. The molecule has 3 aliphatic heterocycles. The third kappa shape index (κ3) is 4.02. The van der Waals surface area contributed by atoms with Gasteiger partial charge in [0.2, 0.25) is 5.78 Å². The van der Waals surface area contributed by atoms with Crippen LogP contribution < -0.4 is 5.46 Å². The van der Waals surface area contributed by atoms with Crippen LogP contribution in [0.4, 0.5) is 0 Å². The molecule has 7 heteroatoms. The standard InChI is InChI=1S/C26H31BN2O4/c1-25(2)26(3,4)33-27(32-25)20-14-19(15-28-16-20)18-7-5-17(6-8-18)13-23(30)24(31)29-21-9-10-22(29)12-11-21/h5-8,14-16,21-22H,9-13H2,1-4H3. The van der Waals surface area contributed by atoms with Crippen molar-refractivity contribution in [2.75, 3.05) is 0 Å². The lowest BCUT2D eigenvalue weighted by atomic mass is 9.79. The van der Waals surface area contributed by atoms with Crippen LogP contribution in [0, 0.1) is 0 Å². The second-order valence-corrected chi connectivity index (χ2v) is 10.6. The fourth-order valence-electron chi connectivity index (χ4n) is 5.19. The van der Waals surface area contributed by atoms with Gasteiger partial charge < -0.3 is 14.2 Å². The molecule has 2 bridgehead atoms. The number of benzene rings is 1. The molecular weight excluding hydrogens is 415 g/mol. The first-order valence-electron chi connectivity index (χ1n) is 11.9. The summed E-state index contributed by atoms with van der Waals surface area (Å²) in [6, 6.07) is 10.4. The zero-order valence-electron chi connectivity index (χ0n) is 19.8. The van der Waals surface area contributed by atoms with Gasteiger partial charge >= 0.3 is 7.12 Å². The summed E-state index contributed by atoms with van der Waals surface area (Å²) in [5.74, 6) is -0.616. The highest BCUT2D eigenvalue weighted by Crippen LogP contribution is 2.38. The van der Waals surface area contributed by atoms with Gasteiger partial charge in [0.1, 0.15) is 0 Å². The normalized spacial score (nSPS) is 25.0. The van der Waals surface area contributed by atoms with Gasteiger partial charge in [-0.15, -0.1) is 0 Å². The number of carbonyl (C=O) groups is 2. The van der Waals surface area contributed by atoms with E-state index in [0.29, 0.717) is 0 Å². The molecule has 0 radical (unpaired) electrons. The molecule has 33 heavy (non-hydrogen) atoms. The Hall–Kier alpha value is -2.51. The lowest BCUT2D eigenvalue weighted by Gasteiger charge is -2.32. The maximum atomic E-state index is 12.7. The Morgan fingerprint density at radius 1 is 0.939 bits per heavy atom. The molecule has 1 aromatic heterocycles. The number of amides is 1. The van der Waals surface area contributed by atoms with E-state index in [-0.39, 0.29) is 30.2 Å². The van der Waals surface area contributed by atoms with E-state index in [1.54, 1.807) is 6.20 Å². The minimum Gasteiger partial charge on any atom is -0.399 e. The number of hydrogen-bond donors (Lipinski definition) is 0. The molecule has 1 aromatic carbocycles. The van der Waals surface area contributed by atoms with Crippen molar-refractivity contribution in [1.82, 2.24) is 9.88 Å². The molecule has 0 atom stereocenters. The summed E-state index contributed by atoms with van der Waals surface area (Å²) in [4.78, 5) is 31.6. The van der Waals surface area contributed by atoms with Gasteiger partial charge in [-0.05, 0) is 70.1 Å². The zero-order chi connectivity index (χ0) is 23.4. The Morgan fingerprint density at radius 2 is 1.52 bits per heavy atom. The summed E-state index contributed by atoms with van der Waals surface area (Å²) in [6.45, 7) is 8.13. The van der Waals surface area contributed by atoms with Crippen molar-refractivity contribution in [2.45, 2.75) is 83.1 Å². The predicted molar refractivity (Wildman–Crippen MR) is 127 cm³/mol. The van der Waals surface area contributed by atoms with Crippen molar-refractivity contribution in [1.29, 1.82) is 0 Å². The first-order chi connectivity index (χ1) is 15.6. The molecule has 3 saturated heterocycles. The van der Waals surface area contributed by atoms with Gasteiger partial charge in [0.25, 0.3) is 5.91 Å². The molecule has 1 amide bonds. The number of hydrogen-bond acceptors (Lipinski definition) is 5. The van der Waals surface area contributed by atoms with E-state index < -0.39 is 18.3 Å². The van der Waals surface area contributed by atoms with Crippen molar-refractivity contribution in [2.24, 2.45) is 0 Å². The average molecular weight is 446 g/mol. The van der Waals surface area contributed by atoms with Gasteiger partial charge in [0, 0.05) is 36.4 Å². The van der Waals surface area contributed by atoms with Gasteiger partial charge in [-0.2, -0.15) is 0 Å². The molecule has 0 N–H and O–H groups in total. The Kier molecular flexibility index (Phi) is 5.45. The van der Waals surface area contributed by atoms with E-state index in [1.165, 1.54) is 0 Å². The van der Waals surface area contributed by atoms with E-state index in [2.05, 4.69) is 4.98 Å². The topological polar surface area (TPSA) is 68.7 Å². The second-order valence-electron chi connectivity index (χ2n) is 10.6. The largest absolute Gasteiger partial charge is 0.496 e. The monoisotopic (exact) mass is 446 g/mol. The minimum absolute atomic E-state index is 0.140. The fraction of sp³-hybridized carbons (Fsp3) is 0.500. The molecule has 4 heterocycles. The summed E-state index contributed by atoms with van der Waals surface area (Å²) < 4.78 is 12.3. The van der Waals surface area contributed by atoms with Gasteiger partial charge in [-0.25, -0.2) is 0 Å². The number of fused-ring (bicyclic) bond motifs is 2. The van der Waals surface area contributed by atoms with Gasteiger partial charge in [0.05, 0.1) is 11.2 Å². The first kappa shape index (κ1) is 22.3. The number of pyridine rings is 1. The lowest BCUT2D eigenvalue weighted by molar-refractivity contribution is -0.145. The zero-order valence-corrected chi connectivity index (χ0v) is 19.8. The van der Waals surface area contributed by atoms with Gasteiger partial charge in [0.15, 0.2) is 0 Å². The van der Waals surface area contributed by atoms with Crippen LogP contribution in [0.25, 0.3) is 11.1 Å². The molecule has 0 unspecified atom stereocenters. The van der Waals surface area contributed by atoms with Crippen molar-refractivity contribution in [3.63, 3.8) is 0 Å². The predicted octanol–water partition coefficient (Wildman–Crippen LogP) is 3.31. The lowest BCUT2D eigenvalue weighted by Crippen LogP contribution is -2.41. The van der Waals surface area contributed by atoms with E-state index in [0.717, 1.165) is 47.8 Å². The molecule has 3 aliphatic rings. The third-order valence-electron chi connectivity index (χ3n) is 7.86. The van der Waals surface area contributed by atoms with Crippen molar-refractivity contribution >= 4 is 24.3 Å². The van der Waals surface area contributed by atoms with Crippen LogP contribution in [0.5, 0.6) is 0 Å². The van der Waals surface area contributed by atoms with Crippen LogP contribution in [0.3, 0.4) is 0 Å². The highest BCUT2D eigenvalue weighted by atomic mass is 16.7. The van der Waals surface area contributed by atoms with Gasteiger partial charge in [-0.1, -0.05) is 30.3 Å². The van der Waals surface area contributed by atoms with E-state index in [1.807, 2.05) is 69.1 Å². The Labute approximate surface area is 195 Å². The van der Waals surface area contributed by atoms with E-state index >= 15 is 0 Å². The Bertz CT molecular complexity index is 1050. The number of ketones is 1. The van der Waals surface area contributed by atoms with Crippen LogP contribution in [-0.4, -0.2) is 52.0 Å². The van der Waals surface area contributed by atoms with Gasteiger partial charge in [-0.3, -0.25) is 14.6 Å². The molecule has 2 aromatic rings. The molecule has 0 aliphatic carbocycles. The SMILES string of the molecule is CC1(C)OB(c2cncc(-c3ccc(CC(=O)C(=O)N4C5CCC4CC5)cc3)c2)OC1(C)C. The Balaban J connectivity index is 1.27. The number of carbonyl (C=O) groups excluding carboxylic acids is 2.